The van der Waals surface area contributed by atoms with Crippen molar-refractivity contribution in [3.8, 4) is 0 Å². The zero-order chi connectivity index (χ0) is 14.8. The average Bonchev–Trinajstić information content (AvgIpc) is 2.81. The SMILES string of the molecule is CC(CCN1c2ccccc2CC1C)c1ccc(N)cc1. The van der Waals surface area contributed by atoms with Gasteiger partial charge in [-0.3, -0.25) is 0 Å². The molecule has 1 heterocycles. The minimum Gasteiger partial charge on any atom is -0.399 e. The molecule has 0 bridgehead atoms. The zero-order valence-corrected chi connectivity index (χ0v) is 12.9. The smallest absolute Gasteiger partial charge is 0.0402 e. The molecule has 2 aromatic rings. The summed E-state index contributed by atoms with van der Waals surface area (Å²) in [7, 11) is 0. The Morgan fingerprint density at radius 3 is 2.62 bits per heavy atom. The second kappa shape index (κ2) is 5.80. The second-order valence-corrected chi connectivity index (χ2v) is 6.23. The Balaban J connectivity index is 1.66. The number of rotatable bonds is 4. The lowest BCUT2D eigenvalue weighted by Crippen LogP contribution is -2.30. The Hall–Kier alpha value is -1.96. The van der Waals surface area contributed by atoms with Crippen LogP contribution in [0.1, 0.15) is 37.3 Å². The van der Waals surface area contributed by atoms with Gasteiger partial charge in [-0.2, -0.15) is 0 Å². The van der Waals surface area contributed by atoms with Gasteiger partial charge in [0, 0.05) is 24.0 Å². The van der Waals surface area contributed by atoms with E-state index in [-0.39, 0.29) is 0 Å². The van der Waals surface area contributed by atoms with E-state index in [1.165, 1.54) is 29.7 Å². The van der Waals surface area contributed by atoms with Crippen molar-refractivity contribution in [2.45, 2.75) is 38.6 Å². The molecule has 2 unspecified atom stereocenters. The molecule has 3 rings (SSSR count). The van der Waals surface area contributed by atoms with Crippen LogP contribution in [0.2, 0.25) is 0 Å². The normalized spacial score (nSPS) is 18.6. The molecular weight excluding hydrogens is 256 g/mol. The van der Waals surface area contributed by atoms with E-state index in [4.69, 9.17) is 5.73 Å². The van der Waals surface area contributed by atoms with Gasteiger partial charge in [0.15, 0.2) is 0 Å². The summed E-state index contributed by atoms with van der Waals surface area (Å²) in [6.45, 7) is 5.75. The quantitative estimate of drug-likeness (QED) is 0.850. The van der Waals surface area contributed by atoms with Crippen molar-refractivity contribution in [2.75, 3.05) is 17.2 Å². The fraction of sp³-hybridized carbons (Fsp3) is 0.368. The minimum absolute atomic E-state index is 0.561. The zero-order valence-electron chi connectivity index (χ0n) is 12.9. The van der Waals surface area contributed by atoms with E-state index in [2.05, 4.69) is 55.1 Å². The van der Waals surface area contributed by atoms with E-state index >= 15 is 0 Å². The molecule has 0 radical (unpaired) electrons. The predicted octanol–water partition coefficient (Wildman–Crippen LogP) is 4.21. The maximum atomic E-state index is 5.76. The highest BCUT2D eigenvalue weighted by Crippen LogP contribution is 2.33. The van der Waals surface area contributed by atoms with Crippen LogP contribution < -0.4 is 10.6 Å². The maximum absolute atomic E-state index is 5.76. The fourth-order valence-corrected chi connectivity index (χ4v) is 3.29. The number of nitrogens with two attached hydrogens (primary N) is 1. The van der Waals surface area contributed by atoms with Crippen LogP contribution >= 0.6 is 0 Å². The van der Waals surface area contributed by atoms with Crippen LogP contribution in [-0.4, -0.2) is 12.6 Å². The van der Waals surface area contributed by atoms with Crippen molar-refractivity contribution in [1.29, 1.82) is 0 Å². The molecule has 110 valence electrons. The average molecular weight is 280 g/mol. The van der Waals surface area contributed by atoms with Crippen LogP contribution in [0, 0.1) is 0 Å². The summed E-state index contributed by atoms with van der Waals surface area (Å²) >= 11 is 0. The van der Waals surface area contributed by atoms with Crippen molar-refractivity contribution in [2.24, 2.45) is 0 Å². The van der Waals surface area contributed by atoms with Crippen LogP contribution in [0.4, 0.5) is 11.4 Å². The first-order chi connectivity index (χ1) is 10.1. The van der Waals surface area contributed by atoms with Crippen LogP contribution in [-0.2, 0) is 6.42 Å². The van der Waals surface area contributed by atoms with E-state index < -0.39 is 0 Å². The summed E-state index contributed by atoms with van der Waals surface area (Å²) in [4.78, 5) is 2.56. The van der Waals surface area contributed by atoms with Crippen LogP contribution in [0.5, 0.6) is 0 Å². The first-order valence-electron chi connectivity index (χ1n) is 7.85. The van der Waals surface area contributed by atoms with Crippen LogP contribution in [0.3, 0.4) is 0 Å². The summed E-state index contributed by atoms with van der Waals surface area (Å²) < 4.78 is 0. The van der Waals surface area contributed by atoms with Crippen molar-refractivity contribution >= 4 is 11.4 Å². The number of benzene rings is 2. The molecule has 1 aliphatic rings. The second-order valence-electron chi connectivity index (χ2n) is 6.23. The third kappa shape index (κ3) is 2.90. The highest BCUT2D eigenvalue weighted by molar-refractivity contribution is 5.59. The summed E-state index contributed by atoms with van der Waals surface area (Å²) in [5.41, 5.74) is 10.9. The summed E-state index contributed by atoms with van der Waals surface area (Å²) in [6, 6.07) is 17.7. The van der Waals surface area contributed by atoms with Crippen molar-refractivity contribution in [1.82, 2.24) is 0 Å². The monoisotopic (exact) mass is 280 g/mol. The molecule has 0 spiro atoms. The Morgan fingerprint density at radius 1 is 1.14 bits per heavy atom. The van der Waals surface area contributed by atoms with Gasteiger partial charge in [-0.05, 0) is 55.0 Å². The lowest BCUT2D eigenvalue weighted by molar-refractivity contribution is 0.605. The molecular formula is C19H24N2. The summed E-state index contributed by atoms with van der Waals surface area (Å²) in [5, 5.41) is 0. The van der Waals surface area contributed by atoms with Gasteiger partial charge in [-0.1, -0.05) is 37.3 Å². The van der Waals surface area contributed by atoms with Crippen molar-refractivity contribution in [3.05, 3.63) is 59.7 Å². The van der Waals surface area contributed by atoms with Gasteiger partial charge >= 0.3 is 0 Å². The van der Waals surface area contributed by atoms with E-state index in [0.29, 0.717) is 12.0 Å². The molecule has 0 amide bonds. The minimum atomic E-state index is 0.561. The molecule has 2 nitrogen and oxygen atoms in total. The molecule has 21 heavy (non-hydrogen) atoms. The van der Waals surface area contributed by atoms with E-state index in [1.807, 2.05) is 12.1 Å². The Morgan fingerprint density at radius 2 is 1.86 bits per heavy atom. The number of fused-ring (bicyclic) bond motifs is 1. The molecule has 2 N–H and O–H groups in total. The molecule has 1 aliphatic heterocycles. The Labute approximate surface area is 127 Å². The molecule has 0 aliphatic carbocycles. The highest BCUT2D eigenvalue weighted by atomic mass is 15.2. The van der Waals surface area contributed by atoms with Crippen molar-refractivity contribution < 1.29 is 0 Å². The number of hydrogen-bond acceptors (Lipinski definition) is 2. The summed E-state index contributed by atoms with van der Waals surface area (Å²) in [5.74, 6) is 0.561. The summed E-state index contributed by atoms with van der Waals surface area (Å²) in [6.07, 6.45) is 2.34. The standard InChI is InChI=1S/C19H24N2/c1-14(16-7-9-18(20)10-8-16)11-12-21-15(2)13-17-5-3-4-6-19(17)21/h3-10,14-15H,11-13,20H2,1-2H3. The molecule has 2 heteroatoms. The van der Waals surface area contributed by atoms with E-state index in [0.717, 1.165) is 12.2 Å². The maximum Gasteiger partial charge on any atom is 0.0402 e. The molecule has 0 fully saturated rings. The lowest BCUT2D eigenvalue weighted by atomic mass is 9.97. The Bertz CT molecular complexity index is 603. The predicted molar refractivity (Wildman–Crippen MR) is 90.8 cm³/mol. The van der Waals surface area contributed by atoms with Gasteiger partial charge in [-0.15, -0.1) is 0 Å². The molecule has 0 saturated heterocycles. The molecule has 0 aromatic heterocycles. The highest BCUT2D eigenvalue weighted by Gasteiger charge is 2.25. The van der Waals surface area contributed by atoms with Crippen LogP contribution in [0.25, 0.3) is 0 Å². The number of para-hydroxylation sites is 1. The van der Waals surface area contributed by atoms with Crippen molar-refractivity contribution in [3.63, 3.8) is 0 Å². The van der Waals surface area contributed by atoms with Gasteiger partial charge in [0.25, 0.3) is 0 Å². The molecule has 2 aromatic carbocycles. The van der Waals surface area contributed by atoms with Crippen LogP contribution in [0.15, 0.2) is 48.5 Å². The number of hydrogen-bond donors (Lipinski definition) is 1. The third-order valence-corrected chi connectivity index (χ3v) is 4.66. The Kier molecular flexibility index (Phi) is 3.87. The number of nitrogens with zero attached hydrogens (tertiary/aromatic N) is 1. The van der Waals surface area contributed by atoms with Gasteiger partial charge < -0.3 is 10.6 Å². The largest absolute Gasteiger partial charge is 0.399 e. The third-order valence-electron chi connectivity index (χ3n) is 4.66. The number of anilines is 2. The van der Waals surface area contributed by atoms with Gasteiger partial charge in [0.05, 0.1) is 0 Å². The van der Waals surface area contributed by atoms with E-state index in [9.17, 15) is 0 Å². The number of nitrogen functional groups attached to an aromatic ring is 1. The molecule has 0 saturated carbocycles. The fourth-order valence-electron chi connectivity index (χ4n) is 3.29. The lowest BCUT2D eigenvalue weighted by Gasteiger charge is -2.26. The first-order valence-corrected chi connectivity index (χ1v) is 7.85. The topological polar surface area (TPSA) is 29.3 Å². The van der Waals surface area contributed by atoms with Gasteiger partial charge in [-0.25, -0.2) is 0 Å². The molecule has 2 atom stereocenters. The van der Waals surface area contributed by atoms with E-state index in [1.54, 1.807) is 0 Å². The van der Waals surface area contributed by atoms with Gasteiger partial charge in [0.1, 0.15) is 0 Å². The van der Waals surface area contributed by atoms with Gasteiger partial charge in [0.2, 0.25) is 0 Å². The first kappa shape index (κ1) is 14.0.